The summed E-state index contributed by atoms with van der Waals surface area (Å²) < 4.78 is 10.6. The summed E-state index contributed by atoms with van der Waals surface area (Å²) >= 11 is 6.33. The van der Waals surface area contributed by atoms with Crippen LogP contribution in [0.5, 0.6) is 11.5 Å². The SMILES string of the molecule is COc1ccc(CCC(=O)N(Cc2ccccc2Cl)[C@@H](C)C(=O)NCC(C)C)cc1OC. The third kappa shape index (κ3) is 7.16. The molecule has 0 saturated heterocycles. The molecule has 1 atom stereocenters. The standard InChI is InChI=1S/C25H33ClN2O4/c1-17(2)15-27-25(30)18(3)28(16-20-8-6-7-9-21(20)26)24(29)13-11-19-10-12-22(31-4)23(14-19)32-5/h6-10,12,14,17-18H,11,13,15-16H2,1-5H3,(H,27,30)/t18-/m0/s1. The van der Waals surface area contributed by atoms with Crippen molar-refractivity contribution in [2.45, 2.75) is 46.2 Å². The van der Waals surface area contributed by atoms with Gasteiger partial charge in [-0.1, -0.05) is 49.7 Å². The van der Waals surface area contributed by atoms with Gasteiger partial charge in [0.15, 0.2) is 11.5 Å². The highest BCUT2D eigenvalue weighted by molar-refractivity contribution is 6.31. The fourth-order valence-corrected chi connectivity index (χ4v) is 3.47. The molecule has 0 fully saturated rings. The molecule has 174 valence electrons. The van der Waals surface area contributed by atoms with E-state index in [9.17, 15) is 9.59 Å². The van der Waals surface area contributed by atoms with Crippen molar-refractivity contribution in [1.29, 1.82) is 0 Å². The largest absolute Gasteiger partial charge is 0.493 e. The normalized spacial score (nSPS) is 11.7. The summed E-state index contributed by atoms with van der Waals surface area (Å²) in [6, 6.07) is 12.3. The fourth-order valence-electron chi connectivity index (χ4n) is 3.28. The second kappa shape index (κ2) is 12.3. The van der Waals surface area contributed by atoms with Gasteiger partial charge in [0, 0.05) is 24.5 Å². The summed E-state index contributed by atoms with van der Waals surface area (Å²) in [4.78, 5) is 27.6. The van der Waals surface area contributed by atoms with E-state index >= 15 is 0 Å². The van der Waals surface area contributed by atoms with Gasteiger partial charge in [-0.05, 0) is 48.6 Å². The molecule has 1 N–H and O–H groups in total. The van der Waals surface area contributed by atoms with E-state index in [1.807, 2.05) is 50.2 Å². The second-order valence-electron chi connectivity index (χ2n) is 8.12. The molecule has 0 heterocycles. The van der Waals surface area contributed by atoms with Gasteiger partial charge < -0.3 is 19.7 Å². The van der Waals surface area contributed by atoms with Gasteiger partial charge in [-0.25, -0.2) is 0 Å². The van der Waals surface area contributed by atoms with E-state index < -0.39 is 6.04 Å². The quantitative estimate of drug-likeness (QED) is 0.536. The Morgan fingerprint density at radius 2 is 1.72 bits per heavy atom. The van der Waals surface area contributed by atoms with Crippen LogP contribution in [0.25, 0.3) is 0 Å². The lowest BCUT2D eigenvalue weighted by atomic mass is 10.1. The molecule has 6 nitrogen and oxygen atoms in total. The van der Waals surface area contributed by atoms with Gasteiger partial charge in [-0.15, -0.1) is 0 Å². The molecular weight excluding hydrogens is 428 g/mol. The van der Waals surface area contributed by atoms with Crippen LogP contribution in [0.3, 0.4) is 0 Å². The number of ether oxygens (including phenoxy) is 2. The lowest BCUT2D eigenvalue weighted by molar-refractivity contribution is -0.140. The number of amides is 2. The molecule has 0 spiro atoms. The van der Waals surface area contributed by atoms with Gasteiger partial charge in [0.2, 0.25) is 11.8 Å². The Kier molecular flexibility index (Phi) is 9.85. The number of carbonyl (C=O) groups excluding carboxylic acids is 2. The van der Waals surface area contributed by atoms with Crippen LogP contribution in [0.15, 0.2) is 42.5 Å². The maximum absolute atomic E-state index is 13.2. The molecule has 0 aliphatic rings. The first-order valence-electron chi connectivity index (χ1n) is 10.8. The molecule has 0 radical (unpaired) electrons. The van der Waals surface area contributed by atoms with Crippen LogP contribution in [-0.2, 0) is 22.6 Å². The first-order valence-corrected chi connectivity index (χ1v) is 11.2. The molecule has 7 heteroatoms. The first kappa shape index (κ1) is 25.5. The van der Waals surface area contributed by atoms with Gasteiger partial charge >= 0.3 is 0 Å². The van der Waals surface area contributed by atoms with E-state index in [0.29, 0.717) is 35.4 Å². The number of nitrogens with zero attached hydrogens (tertiary/aromatic N) is 1. The van der Waals surface area contributed by atoms with Crippen molar-refractivity contribution in [2.75, 3.05) is 20.8 Å². The van der Waals surface area contributed by atoms with Gasteiger partial charge in [-0.2, -0.15) is 0 Å². The Morgan fingerprint density at radius 1 is 1.03 bits per heavy atom. The van der Waals surface area contributed by atoms with Crippen LogP contribution < -0.4 is 14.8 Å². The molecule has 0 bridgehead atoms. The van der Waals surface area contributed by atoms with E-state index in [0.717, 1.165) is 11.1 Å². The van der Waals surface area contributed by atoms with Crippen LogP contribution in [-0.4, -0.2) is 43.5 Å². The molecule has 32 heavy (non-hydrogen) atoms. The molecular formula is C25H33ClN2O4. The average molecular weight is 461 g/mol. The smallest absolute Gasteiger partial charge is 0.242 e. The van der Waals surface area contributed by atoms with E-state index in [2.05, 4.69) is 5.32 Å². The molecule has 2 aromatic rings. The molecule has 0 unspecified atom stereocenters. The molecule has 2 aromatic carbocycles. The number of halogens is 1. The van der Waals surface area contributed by atoms with Crippen molar-refractivity contribution in [1.82, 2.24) is 10.2 Å². The number of nitrogens with one attached hydrogen (secondary N) is 1. The number of hydrogen-bond donors (Lipinski definition) is 1. The predicted octanol–water partition coefficient (Wildman–Crippen LogP) is 4.48. The van der Waals surface area contributed by atoms with Gasteiger partial charge in [-0.3, -0.25) is 9.59 Å². The zero-order valence-corrected chi connectivity index (χ0v) is 20.2. The lowest BCUT2D eigenvalue weighted by Gasteiger charge is -2.29. The highest BCUT2D eigenvalue weighted by Crippen LogP contribution is 2.28. The topological polar surface area (TPSA) is 67.9 Å². The summed E-state index contributed by atoms with van der Waals surface area (Å²) in [6.07, 6.45) is 0.764. The summed E-state index contributed by atoms with van der Waals surface area (Å²) in [7, 11) is 3.16. The molecule has 0 aromatic heterocycles. The molecule has 0 aliphatic heterocycles. The number of rotatable bonds is 11. The molecule has 0 saturated carbocycles. The van der Waals surface area contributed by atoms with E-state index in [4.69, 9.17) is 21.1 Å². The average Bonchev–Trinajstić information content (AvgIpc) is 2.79. The Balaban J connectivity index is 2.17. The third-order valence-electron chi connectivity index (χ3n) is 5.23. The number of hydrogen-bond acceptors (Lipinski definition) is 4. The van der Waals surface area contributed by atoms with Gasteiger partial charge in [0.25, 0.3) is 0 Å². The number of benzene rings is 2. The summed E-state index contributed by atoms with van der Waals surface area (Å²) in [5.74, 6) is 1.28. The van der Waals surface area contributed by atoms with E-state index in [1.165, 1.54) is 0 Å². The summed E-state index contributed by atoms with van der Waals surface area (Å²) in [6.45, 7) is 6.63. The number of methoxy groups -OCH3 is 2. The zero-order chi connectivity index (χ0) is 23.7. The zero-order valence-electron chi connectivity index (χ0n) is 19.5. The van der Waals surface area contributed by atoms with Gasteiger partial charge in [0.1, 0.15) is 6.04 Å². The maximum atomic E-state index is 13.2. The Bertz CT molecular complexity index is 917. The summed E-state index contributed by atoms with van der Waals surface area (Å²) in [5.41, 5.74) is 1.75. The predicted molar refractivity (Wildman–Crippen MR) is 127 cm³/mol. The van der Waals surface area contributed by atoms with Crippen molar-refractivity contribution < 1.29 is 19.1 Å². The highest BCUT2D eigenvalue weighted by Gasteiger charge is 2.26. The number of aryl methyl sites for hydroxylation is 1. The Morgan fingerprint density at radius 3 is 2.34 bits per heavy atom. The lowest BCUT2D eigenvalue weighted by Crippen LogP contribution is -2.48. The van der Waals surface area contributed by atoms with Crippen molar-refractivity contribution >= 4 is 23.4 Å². The monoisotopic (exact) mass is 460 g/mol. The van der Waals surface area contributed by atoms with E-state index in [1.54, 1.807) is 32.1 Å². The van der Waals surface area contributed by atoms with Crippen LogP contribution in [0.1, 0.15) is 38.3 Å². The van der Waals surface area contributed by atoms with Gasteiger partial charge in [0.05, 0.1) is 14.2 Å². The third-order valence-corrected chi connectivity index (χ3v) is 5.59. The minimum atomic E-state index is -0.622. The van der Waals surface area contributed by atoms with Crippen LogP contribution >= 0.6 is 11.6 Å². The fraction of sp³-hybridized carbons (Fsp3) is 0.440. The first-order chi connectivity index (χ1) is 15.3. The van der Waals surface area contributed by atoms with Crippen LogP contribution in [0, 0.1) is 5.92 Å². The van der Waals surface area contributed by atoms with Crippen LogP contribution in [0.4, 0.5) is 0 Å². The van der Waals surface area contributed by atoms with Crippen molar-refractivity contribution in [2.24, 2.45) is 5.92 Å². The van der Waals surface area contributed by atoms with Crippen molar-refractivity contribution in [3.05, 3.63) is 58.6 Å². The second-order valence-corrected chi connectivity index (χ2v) is 8.52. The number of carbonyl (C=O) groups is 2. The minimum absolute atomic E-state index is 0.119. The Hall–Kier alpha value is -2.73. The molecule has 2 amide bonds. The minimum Gasteiger partial charge on any atom is -0.493 e. The maximum Gasteiger partial charge on any atom is 0.242 e. The van der Waals surface area contributed by atoms with Crippen LogP contribution in [0.2, 0.25) is 5.02 Å². The van der Waals surface area contributed by atoms with Crippen molar-refractivity contribution in [3.8, 4) is 11.5 Å². The summed E-state index contributed by atoms with van der Waals surface area (Å²) in [5, 5.41) is 3.49. The molecule has 0 aliphatic carbocycles. The highest BCUT2D eigenvalue weighted by atomic mass is 35.5. The molecule has 2 rings (SSSR count). The Labute approximate surface area is 195 Å². The van der Waals surface area contributed by atoms with E-state index in [-0.39, 0.29) is 24.8 Å². The van der Waals surface area contributed by atoms with Crippen molar-refractivity contribution in [3.63, 3.8) is 0 Å².